The van der Waals surface area contributed by atoms with Crippen LogP contribution in [0.5, 0.6) is 17.2 Å². The van der Waals surface area contributed by atoms with Crippen LogP contribution in [-0.4, -0.2) is 27.9 Å². The number of nitrogens with two attached hydrogens (primary N) is 1. The number of benzene rings is 1. The number of ether oxygens (including phenoxy) is 3. The summed E-state index contributed by atoms with van der Waals surface area (Å²) in [5.74, 6) is 2.26. The Kier molecular flexibility index (Phi) is 3.66. The smallest absolute Gasteiger partial charge is 0.164 e. The Morgan fingerprint density at radius 1 is 1.11 bits per heavy atom. The predicted molar refractivity (Wildman–Crippen MR) is 70.7 cm³/mol. The zero-order valence-electron chi connectivity index (χ0n) is 11.3. The van der Waals surface area contributed by atoms with Gasteiger partial charge in [0.15, 0.2) is 11.5 Å². The molecule has 1 aromatic rings. The molecule has 1 aromatic carbocycles. The first-order chi connectivity index (χ1) is 8.70. The van der Waals surface area contributed by atoms with Gasteiger partial charge in [-0.1, -0.05) is 6.42 Å². The second kappa shape index (κ2) is 5.06. The quantitative estimate of drug-likeness (QED) is 0.870. The van der Waals surface area contributed by atoms with Crippen molar-refractivity contribution in [3.63, 3.8) is 0 Å². The van der Waals surface area contributed by atoms with Crippen LogP contribution in [0, 0.1) is 0 Å². The van der Waals surface area contributed by atoms with Crippen LogP contribution in [0.1, 0.15) is 24.8 Å². The van der Waals surface area contributed by atoms with Gasteiger partial charge in [0.2, 0.25) is 0 Å². The highest BCUT2D eigenvalue weighted by Crippen LogP contribution is 2.50. The molecule has 0 spiro atoms. The van der Waals surface area contributed by atoms with Crippen molar-refractivity contribution in [2.45, 2.75) is 24.7 Å². The van der Waals surface area contributed by atoms with Crippen molar-refractivity contribution in [3.05, 3.63) is 17.7 Å². The molecule has 0 bridgehead atoms. The molecule has 1 fully saturated rings. The molecule has 0 saturated heterocycles. The highest BCUT2D eigenvalue weighted by molar-refractivity contribution is 5.55. The third-order valence-electron chi connectivity index (χ3n) is 3.96. The lowest BCUT2D eigenvalue weighted by Crippen LogP contribution is -2.41. The molecule has 0 atom stereocenters. The van der Waals surface area contributed by atoms with Gasteiger partial charge in [0.1, 0.15) is 5.75 Å². The van der Waals surface area contributed by atoms with E-state index in [9.17, 15) is 0 Å². The van der Waals surface area contributed by atoms with E-state index in [1.165, 1.54) is 6.42 Å². The number of rotatable bonds is 5. The number of methoxy groups -OCH3 is 3. The molecule has 0 aromatic heterocycles. The SMILES string of the molecule is COc1cc(OC)c(OC)c(C2(CN)CCC2)c1. The van der Waals surface area contributed by atoms with Gasteiger partial charge < -0.3 is 19.9 Å². The minimum absolute atomic E-state index is 0.0210. The van der Waals surface area contributed by atoms with E-state index in [1.54, 1.807) is 21.3 Å². The second-order valence-electron chi connectivity index (χ2n) is 4.75. The molecule has 4 heteroatoms. The molecule has 0 aliphatic heterocycles. The molecular formula is C14H21NO3. The second-order valence-corrected chi connectivity index (χ2v) is 4.75. The number of hydrogen-bond donors (Lipinski definition) is 1. The van der Waals surface area contributed by atoms with Gasteiger partial charge in [-0.3, -0.25) is 0 Å². The third kappa shape index (κ3) is 1.90. The minimum atomic E-state index is 0.0210. The maximum atomic E-state index is 5.97. The predicted octanol–water partition coefficient (Wildman–Crippen LogP) is 2.09. The largest absolute Gasteiger partial charge is 0.497 e. The maximum absolute atomic E-state index is 5.97. The molecule has 1 aliphatic rings. The Bertz CT molecular complexity index is 422. The zero-order chi connectivity index (χ0) is 13.2. The lowest BCUT2D eigenvalue weighted by molar-refractivity contribution is 0.238. The molecule has 1 saturated carbocycles. The highest BCUT2D eigenvalue weighted by atomic mass is 16.5. The van der Waals surface area contributed by atoms with E-state index in [0.717, 1.165) is 29.9 Å². The molecule has 0 unspecified atom stereocenters. The topological polar surface area (TPSA) is 53.7 Å². The Balaban J connectivity index is 2.56. The fourth-order valence-corrected chi connectivity index (χ4v) is 2.64. The van der Waals surface area contributed by atoms with Crippen molar-refractivity contribution in [2.75, 3.05) is 27.9 Å². The van der Waals surface area contributed by atoms with Crippen LogP contribution in [0.4, 0.5) is 0 Å². The van der Waals surface area contributed by atoms with Gasteiger partial charge in [-0.05, 0) is 18.9 Å². The highest BCUT2D eigenvalue weighted by Gasteiger charge is 2.40. The van der Waals surface area contributed by atoms with Crippen molar-refractivity contribution >= 4 is 0 Å². The summed E-state index contributed by atoms with van der Waals surface area (Å²) in [5, 5.41) is 0. The summed E-state index contributed by atoms with van der Waals surface area (Å²) in [4.78, 5) is 0. The Labute approximate surface area is 108 Å². The van der Waals surface area contributed by atoms with Gasteiger partial charge >= 0.3 is 0 Å². The average molecular weight is 251 g/mol. The van der Waals surface area contributed by atoms with E-state index >= 15 is 0 Å². The van der Waals surface area contributed by atoms with E-state index in [2.05, 4.69) is 0 Å². The summed E-state index contributed by atoms with van der Waals surface area (Å²) in [6, 6.07) is 3.86. The molecule has 0 heterocycles. The van der Waals surface area contributed by atoms with Gasteiger partial charge in [0.05, 0.1) is 21.3 Å². The van der Waals surface area contributed by atoms with Crippen molar-refractivity contribution in [1.29, 1.82) is 0 Å². The Morgan fingerprint density at radius 2 is 1.83 bits per heavy atom. The van der Waals surface area contributed by atoms with Crippen LogP contribution in [0.3, 0.4) is 0 Å². The van der Waals surface area contributed by atoms with Gasteiger partial charge in [-0.25, -0.2) is 0 Å². The van der Waals surface area contributed by atoms with Crippen LogP contribution in [0.25, 0.3) is 0 Å². The average Bonchev–Trinajstić information content (AvgIpc) is 2.37. The van der Waals surface area contributed by atoms with Crippen molar-refractivity contribution in [3.8, 4) is 17.2 Å². The minimum Gasteiger partial charge on any atom is -0.497 e. The van der Waals surface area contributed by atoms with Crippen LogP contribution >= 0.6 is 0 Å². The summed E-state index contributed by atoms with van der Waals surface area (Å²) in [5.41, 5.74) is 7.10. The van der Waals surface area contributed by atoms with Gasteiger partial charge in [-0.2, -0.15) is 0 Å². The van der Waals surface area contributed by atoms with E-state index in [1.807, 2.05) is 12.1 Å². The molecule has 18 heavy (non-hydrogen) atoms. The lowest BCUT2D eigenvalue weighted by Gasteiger charge is -2.42. The van der Waals surface area contributed by atoms with Crippen LogP contribution in [0.15, 0.2) is 12.1 Å². The van der Waals surface area contributed by atoms with Crippen molar-refractivity contribution < 1.29 is 14.2 Å². The Morgan fingerprint density at radius 3 is 2.22 bits per heavy atom. The van der Waals surface area contributed by atoms with Crippen molar-refractivity contribution in [2.24, 2.45) is 5.73 Å². The Hall–Kier alpha value is -1.42. The summed E-state index contributed by atoms with van der Waals surface area (Å²) in [6.45, 7) is 0.625. The van der Waals surface area contributed by atoms with Crippen LogP contribution < -0.4 is 19.9 Å². The lowest BCUT2D eigenvalue weighted by atomic mass is 9.64. The molecule has 0 amide bonds. The number of hydrogen-bond acceptors (Lipinski definition) is 4. The van der Waals surface area contributed by atoms with Crippen LogP contribution in [-0.2, 0) is 5.41 Å². The van der Waals surface area contributed by atoms with E-state index < -0.39 is 0 Å². The monoisotopic (exact) mass is 251 g/mol. The van der Waals surface area contributed by atoms with Gasteiger partial charge in [0, 0.05) is 23.6 Å². The fourth-order valence-electron chi connectivity index (χ4n) is 2.64. The van der Waals surface area contributed by atoms with E-state index in [0.29, 0.717) is 12.3 Å². The third-order valence-corrected chi connectivity index (χ3v) is 3.96. The molecule has 0 radical (unpaired) electrons. The van der Waals surface area contributed by atoms with Crippen LogP contribution in [0.2, 0.25) is 0 Å². The van der Waals surface area contributed by atoms with Gasteiger partial charge in [0.25, 0.3) is 0 Å². The summed E-state index contributed by atoms with van der Waals surface area (Å²) < 4.78 is 16.2. The van der Waals surface area contributed by atoms with Crippen molar-refractivity contribution in [1.82, 2.24) is 0 Å². The first-order valence-corrected chi connectivity index (χ1v) is 6.21. The molecule has 2 N–H and O–H groups in total. The first kappa shape index (κ1) is 13.0. The molecule has 1 aliphatic carbocycles. The zero-order valence-corrected chi connectivity index (χ0v) is 11.3. The maximum Gasteiger partial charge on any atom is 0.164 e. The van der Waals surface area contributed by atoms with E-state index in [4.69, 9.17) is 19.9 Å². The molecular weight excluding hydrogens is 230 g/mol. The fraction of sp³-hybridized carbons (Fsp3) is 0.571. The molecule has 100 valence electrons. The normalized spacial score (nSPS) is 16.9. The summed E-state index contributed by atoms with van der Waals surface area (Å²) in [6.07, 6.45) is 3.40. The molecule has 2 rings (SSSR count). The first-order valence-electron chi connectivity index (χ1n) is 6.21. The molecule has 4 nitrogen and oxygen atoms in total. The summed E-state index contributed by atoms with van der Waals surface area (Å²) in [7, 11) is 4.95. The standard InChI is InChI=1S/C14H21NO3/c1-16-10-7-11(14(9-15)5-4-6-14)13(18-3)12(8-10)17-2/h7-8H,4-6,9,15H2,1-3H3. The van der Waals surface area contributed by atoms with Gasteiger partial charge in [-0.15, -0.1) is 0 Å². The summed E-state index contributed by atoms with van der Waals surface area (Å²) >= 11 is 0. The van der Waals surface area contributed by atoms with E-state index in [-0.39, 0.29) is 5.41 Å².